The summed E-state index contributed by atoms with van der Waals surface area (Å²) in [6, 6.07) is 21.4. The first-order chi connectivity index (χ1) is 20.9. The molecule has 5 heteroatoms. The average molecular weight is 577 g/mol. The molecule has 1 saturated carbocycles. The quantitative estimate of drug-likeness (QED) is 0.107. The molecule has 1 fully saturated rings. The zero-order valence-corrected chi connectivity index (χ0v) is 24.7. The van der Waals surface area contributed by atoms with Crippen molar-refractivity contribution in [1.82, 2.24) is 0 Å². The van der Waals surface area contributed by atoms with Gasteiger partial charge in [0.25, 0.3) is 0 Å². The molecule has 0 amide bonds. The maximum atomic E-state index is 15.8. The number of unbranched alkanes of at least 4 members (excludes halogenated alkanes) is 1. The molecule has 0 bridgehead atoms. The second kappa shape index (κ2) is 13.6. The van der Waals surface area contributed by atoms with Crippen molar-refractivity contribution in [2.24, 2.45) is 0 Å². The Morgan fingerprint density at radius 1 is 0.814 bits per heavy atom. The first kappa shape index (κ1) is 30.0. The summed E-state index contributed by atoms with van der Waals surface area (Å²) >= 11 is 0. The van der Waals surface area contributed by atoms with Crippen LogP contribution < -0.4 is 9.47 Å². The number of benzene rings is 4. The summed E-state index contributed by atoms with van der Waals surface area (Å²) < 4.78 is 27.0. The van der Waals surface area contributed by atoms with Crippen LogP contribution in [0.4, 0.5) is 4.39 Å². The summed E-state index contributed by atoms with van der Waals surface area (Å²) in [6.45, 7) is 9.15. The molecular weight excluding hydrogens is 539 g/mol. The van der Waals surface area contributed by atoms with Crippen LogP contribution in [-0.2, 0) is 16.0 Å². The average Bonchev–Trinajstić information content (AvgIpc) is 3.05. The maximum Gasteiger partial charge on any atom is 0.335 e. The third-order valence-electron chi connectivity index (χ3n) is 8.28. The minimum atomic E-state index is -0.832. The lowest BCUT2D eigenvalue weighted by atomic mass is 9.83. The van der Waals surface area contributed by atoms with Crippen molar-refractivity contribution < 1.29 is 23.5 Å². The van der Waals surface area contributed by atoms with E-state index in [0.29, 0.717) is 27.8 Å². The molecule has 0 spiro atoms. The third kappa shape index (κ3) is 6.61. The molecule has 0 radical (unpaired) electrons. The van der Waals surface area contributed by atoms with Crippen LogP contribution in [0.25, 0.3) is 33.0 Å². The Bertz CT molecular complexity index is 1640. The van der Waals surface area contributed by atoms with E-state index in [1.165, 1.54) is 43.2 Å². The lowest BCUT2D eigenvalue weighted by Gasteiger charge is -2.22. The smallest absolute Gasteiger partial charge is 0.335 e. The van der Waals surface area contributed by atoms with Crippen LogP contribution in [0.2, 0.25) is 0 Å². The van der Waals surface area contributed by atoms with E-state index in [1.54, 1.807) is 0 Å². The molecule has 5 rings (SSSR count). The second-order valence-corrected chi connectivity index (χ2v) is 11.1. The van der Waals surface area contributed by atoms with Crippen LogP contribution in [0.1, 0.15) is 68.9 Å². The number of rotatable bonds is 10. The fraction of sp³-hybridized carbons (Fsp3) is 0.263. The summed E-state index contributed by atoms with van der Waals surface area (Å²) in [7, 11) is 0. The number of carbonyl (C=O) groups excluding carboxylic acids is 2. The van der Waals surface area contributed by atoms with Gasteiger partial charge in [-0.05, 0) is 65.0 Å². The fourth-order valence-electron chi connectivity index (χ4n) is 6.02. The standard InChI is InChI=1S/C38H37FO4/c1-4-7-11-25-14-16-28(17-15-25)30-22-23-31(29-20-18-27(19-21-29)26-12-9-8-10-13-26)37-36(30)33(42-34(40)5-2)24-32(39)38(37)43-35(41)6-3/h5-6,14-24,26H,2-4,7-13H2,1H3. The minimum Gasteiger partial charge on any atom is -0.423 e. The molecular formula is C38H37FO4. The molecule has 4 aromatic rings. The summed E-state index contributed by atoms with van der Waals surface area (Å²) in [5.41, 5.74) is 5.55. The van der Waals surface area contributed by atoms with Crippen molar-refractivity contribution in [3.05, 3.63) is 109 Å². The van der Waals surface area contributed by atoms with Gasteiger partial charge in [0.2, 0.25) is 0 Å². The van der Waals surface area contributed by atoms with Crippen LogP contribution >= 0.6 is 0 Å². The van der Waals surface area contributed by atoms with E-state index >= 15 is 4.39 Å². The first-order valence-electron chi connectivity index (χ1n) is 15.1. The maximum absolute atomic E-state index is 15.8. The number of hydrogen-bond acceptors (Lipinski definition) is 4. The molecule has 43 heavy (non-hydrogen) atoms. The molecule has 0 aromatic heterocycles. The normalized spacial score (nSPS) is 13.4. The summed E-state index contributed by atoms with van der Waals surface area (Å²) in [4.78, 5) is 24.8. The fourth-order valence-corrected chi connectivity index (χ4v) is 6.02. The Morgan fingerprint density at radius 3 is 2.00 bits per heavy atom. The van der Waals surface area contributed by atoms with Gasteiger partial charge in [-0.3, -0.25) is 0 Å². The molecule has 4 nitrogen and oxygen atoms in total. The predicted molar refractivity (Wildman–Crippen MR) is 171 cm³/mol. The summed E-state index contributed by atoms with van der Waals surface area (Å²) in [5.74, 6) is -2.04. The highest BCUT2D eigenvalue weighted by atomic mass is 19.1. The van der Waals surface area contributed by atoms with Crippen molar-refractivity contribution in [2.75, 3.05) is 0 Å². The number of fused-ring (bicyclic) bond motifs is 1. The molecule has 0 aliphatic heterocycles. The Labute approximate surface area is 252 Å². The zero-order valence-electron chi connectivity index (χ0n) is 24.7. The van der Waals surface area contributed by atoms with Gasteiger partial charge in [-0.2, -0.15) is 0 Å². The first-order valence-corrected chi connectivity index (χ1v) is 15.1. The Balaban J connectivity index is 1.74. The van der Waals surface area contributed by atoms with Gasteiger partial charge in [0, 0.05) is 29.0 Å². The van der Waals surface area contributed by atoms with E-state index in [0.717, 1.165) is 48.6 Å². The van der Waals surface area contributed by atoms with Crippen molar-refractivity contribution in [1.29, 1.82) is 0 Å². The minimum absolute atomic E-state index is 0.0153. The van der Waals surface area contributed by atoms with Crippen LogP contribution in [0.15, 0.2) is 92.0 Å². The third-order valence-corrected chi connectivity index (χ3v) is 8.28. The summed E-state index contributed by atoms with van der Waals surface area (Å²) in [5, 5.41) is 0.790. The lowest BCUT2D eigenvalue weighted by Crippen LogP contribution is -2.09. The highest BCUT2D eigenvalue weighted by Gasteiger charge is 2.24. The molecule has 1 aliphatic carbocycles. The van der Waals surface area contributed by atoms with Gasteiger partial charge in [0.05, 0.1) is 0 Å². The highest BCUT2D eigenvalue weighted by molar-refractivity contribution is 6.12. The van der Waals surface area contributed by atoms with Gasteiger partial charge < -0.3 is 9.47 Å². The number of carbonyl (C=O) groups is 2. The highest BCUT2D eigenvalue weighted by Crippen LogP contribution is 2.47. The van der Waals surface area contributed by atoms with Crippen molar-refractivity contribution in [3.8, 4) is 33.8 Å². The molecule has 0 unspecified atom stereocenters. The van der Waals surface area contributed by atoms with Crippen LogP contribution in [0, 0.1) is 5.82 Å². The van der Waals surface area contributed by atoms with E-state index in [1.807, 2.05) is 36.4 Å². The topological polar surface area (TPSA) is 52.6 Å². The Kier molecular flexibility index (Phi) is 9.51. The molecule has 220 valence electrons. The van der Waals surface area contributed by atoms with Crippen LogP contribution in [0.3, 0.4) is 0 Å². The van der Waals surface area contributed by atoms with Crippen LogP contribution in [-0.4, -0.2) is 11.9 Å². The van der Waals surface area contributed by atoms with Gasteiger partial charge in [-0.25, -0.2) is 14.0 Å². The Morgan fingerprint density at radius 2 is 1.40 bits per heavy atom. The number of aryl methyl sites for hydroxylation is 1. The van der Waals surface area contributed by atoms with Crippen molar-refractivity contribution in [2.45, 2.75) is 64.2 Å². The zero-order chi connectivity index (χ0) is 30.3. The monoisotopic (exact) mass is 576 g/mol. The van der Waals surface area contributed by atoms with E-state index in [4.69, 9.17) is 9.47 Å². The van der Waals surface area contributed by atoms with Crippen LogP contribution in [0.5, 0.6) is 11.5 Å². The molecule has 0 atom stereocenters. The van der Waals surface area contributed by atoms with E-state index < -0.39 is 17.8 Å². The van der Waals surface area contributed by atoms with Gasteiger partial charge in [-0.1, -0.05) is 106 Å². The van der Waals surface area contributed by atoms with Gasteiger partial charge >= 0.3 is 11.9 Å². The Hall–Kier alpha value is -4.51. The predicted octanol–water partition coefficient (Wildman–Crippen LogP) is 9.89. The number of halogens is 1. The molecule has 0 N–H and O–H groups in total. The lowest BCUT2D eigenvalue weighted by molar-refractivity contribution is -0.130. The number of ether oxygens (including phenoxy) is 2. The van der Waals surface area contributed by atoms with Crippen molar-refractivity contribution >= 4 is 22.7 Å². The van der Waals surface area contributed by atoms with E-state index in [-0.39, 0.29) is 11.5 Å². The number of esters is 2. The molecule has 1 aliphatic rings. The van der Waals surface area contributed by atoms with Crippen molar-refractivity contribution in [3.63, 3.8) is 0 Å². The van der Waals surface area contributed by atoms with Gasteiger partial charge in [0.15, 0.2) is 11.6 Å². The molecule has 0 saturated heterocycles. The van der Waals surface area contributed by atoms with E-state index in [2.05, 4.69) is 44.3 Å². The van der Waals surface area contributed by atoms with Gasteiger partial charge in [0.1, 0.15) is 5.75 Å². The van der Waals surface area contributed by atoms with E-state index in [9.17, 15) is 9.59 Å². The second-order valence-electron chi connectivity index (χ2n) is 11.1. The SMILES string of the molecule is C=CC(=O)Oc1cc(F)c(OC(=O)C=C)c2c(-c3ccc(C4CCCCC4)cc3)ccc(-c3ccc(CCCC)cc3)c12. The molecule has 4 aromatic carbocycles. The molecule has 0 heterocycles. The number of hydrogen-bond donors (Lipinski definition) is 0. The largest absolute Gasteiger partial charge is 0.423 e. The van der Waals surface area contributed by atoms with Gasteiger partial charge in [-0.15, -0.1) is 0 Å². The summed E-state index contributed by atoms with van der Waals surface area (Å²) in [6.07, 6.45) is 11.3.